The van der Waals surface area contributed by atoms with Crippen molar-refractivity contribution in [3.05, 3.63) is 88.7 Å². The average molecular weight is 493 g/mol. The molecule has 188 valence electrons. The fraction of sp³-hybridized carbons (Fsp3) is 0.290. The van der Waals surface area contributed by atoms with Gasteiger partial charge in [0.2, 0.25) is 0 Å². The minimum absolute atomic E-state index is 0.110. The molecule has 6 heteroatoms. The summed E-state index contributed by atoms with van der Waals surface area (Å²) < 4.78 is 7.13. The van der Waals surface area contributed by atoms with Crippen molar-refractivity contribution in [3.8, 4) is 16.9 Å². The Morgan fingerprint density at radius 2 is 1.59 bits per heavy atom. The Labute approximate surface area is 217 Å². The van der Waals surface area contributed by atoms with Crippen molar-refractivity contribution in [2.24, 2.45) is 0 Å². The number of aryl methyl sites for hydroxylation is 1. The highest BCUT2D eigenvalue weighted by molar-refractivity contribution is 5.95. The van der Waals surface area contributed by atoms with E-state index >= 15 is 0 Å². The molecule has 0 amide bonds. The van der Waals surface area contributed by atoms with Crippen LogP contribution in [0.3, 0.4) is 0 Å². The van der Waals surface area contributed by atoms with E-state index < -0.39 is 0 Å². The quantitative estimate of drug-likeness (QED) is 0.371. The number of rotatable bonds is 5. The lowest BCUT2D eigenvalue weighted by Gasteiger charge is -2.29. The van der Waals surface area contributed by atoms with Gasteiger partial charge in [0, 0.05) is 48.5 Å². The van der Waals surface area contributed by atoms with Gasteiger partial charge in [0.05, 0.1) is 30.0 Å². The van der Waals surface area contributed by atoms with Gasteiger partial charge < -0.3 is 14.5 Å². The molecule has 0 aliphatic carbocycles. The van der Waals surface area contributed by atoms with E-state index in [0.29, 0.717) is 18.6 Å². The molecule has 4 aromatic rings. The van der Waals surface area contributed by atoms with Crippen molar-refractivity contribution in [3.63, 3.8) is 0 Å². The third-order valence-corrected chi connectivity index (χ3v) is 7.52. The van der Waals surface area contributed by atoms with Crippen LogP contribution >= 0.6 is 0 Å². The maximum Gasteiger partial charge on any atom is 0.279 e. The first-order valence-electron chi connectivity index (χ1n) is 13.1. The molecule has 0 atom stereocenters. The fourth-order valence-corrected chi connectivity index (χ4v) is 5.46. The van der Waals surface area contributed by atoms with Gasteiger partial charge in [0.1, 0.15) is 0 Å². The Hall–Kier alpha value is -3.90. The molecule has 0 unspecified atom stereocenters. The second kappa shape index (κ2) is 9.87. The molecular weight excluding hydrogens is 460 g/mol. The summed E-state index contributed by atoms with van der Waals surface area (Å²) in [5, 5.41) is 6.56. The normalized spacial score (nSPS) is 15.9. The highest BCUT2D eigenvalue weighted by Crippen LogP contribution is 2.32. The molecule has 6 nitrogen and oxygen atoms in total. The van der Waals surface area contributed by atoms with Crippen molar-refractivity contribution in [1.82, 2.24) is 9.78 Å². The zero-order chi connectivity index (χ0) is 25.4. The highest BCUT2D eigenvalue weighted by Gasteiger charge is 2.19. The van der Waals surface area contributed by atoms with Crippen molar-refractivity contribution >= 4 is 28.2 Å². The predicted octanol–water partition coefficient (Wildman–Crippen LogP) is 5.44. The molecule has 6 rings (SSSR count). The molecule has 0 N–H and O–H groups in total. The van der Waals surface area contributed by atoms with Crippen LogP contribution in [0.4, 0.5) is 11.4 Å². The Morgan fingerprint density at radius 1 is 0.865 bits per heavy atom. The zero-order valence-corrected chi connectivity index (χ0v) is 21.3. The Morgan fingerprint density at radius 3 is 2.35 bits per heavy atom. The number of anilines is 2. The summed E-state index contributed by atoms with van der Waals surface area (Å²) in [6.45, 7) is 11.3. The van der Waals surface area contributed by atoms with Crippen molar-refractivity contribution in [2.75, 3.05) is 49.2 Å². The topological polar surface area (TPSA) is 50.6 Å². The molecule has 3 aromatic carbocycles. The number of hydrogen-bond donors (Lipinski definition) is 0. The van der Waals surface area contributed by atoms with Crippen LogP contribution in [0.15, 0.2) is 72.0 Å². The second-order valence-electron chi connectivity index (χ2n) is 9.89. The van der Waals surface area contributed by atoms with Gasteiger partial charge in [-0.1, -0.05) is 36.9 Å². The summed E-state index contributed by atoms with van der Waals surface area (Å²) in [5.41, 5.74) is 6.80. The van der Waals surface area contributed by atoms with Gasteiger partial charge in [-0.05, 0) is 67.3 Å². The van der Waals surface area contributed by atoms with Crippen LogP contribution in [0.5, 0.6) is 0 Å². The van der Waals surface area contributed by atoms with Crippen LogP contribution in [0.2, 0.25) is 0 Å². The molecule has 0 radical (unpaired) electrons. The third-order valence-electron chi connectivity index (χ3n) is 7.52. The minimum Gasteiger partial charge on any atom is -0.378 e. The number of morpholine rings is 1. The van der Waals surface area contributed by atoms with Crippen LogP contribution in [0, 0.1) is 6.92 Å². The van der Waals surface area contributed by atoms with Crippen molar-refractivity contribution in [1.29, 1.82) is 0 Å². The lowest BCUT2D eigenvalue weighted by Crippen LogP contribution is -2.36. The van der Waals surface area contributed by atoms with E-state index in [-0.39, 0.29) is 5.56 Å². The van der Waals surface area contributed by atoms with Gasteiger partial charge in [-0.3, -0.25) is 4.79 Å². The summed E-state index contributed by atoms with van der Waals surface area (Å²) in [4.78, 5) is 18.5. The molecule has 0 spiro atoms. The Balaban J connectivity index is 1.56. The van der Waals surface area contributed by atoms with Crippen LogP contribution < -0.4 is 15.4 Å². The second-order valence-corrected chi connectivity index (χ2v) is 9.89. The summed E-state index contributed by atoms with van der Waals surface area (Å²) in [5.74, 6) is 0. The van der Waals surface area contributed by atoms with E-state index in [2.05, 4.69) is 52.8 Å². The molecular formula is C31H32N4O2. The average Bonchev–Trinajstić information content (AvgIpc) is 3.49. The summed E-state index contributed by atoms with van der Waals surface area (Å²) in [6.07, 6.45) is 4.30. The van der Waals surface area contributed by atoms with E-state index in [9.17, 15) is 4.79 Å². The van der Waals surface area contributed by atoms with Gasteiger partial charge in [0.25, 0.3) is 5.56 Å². The standard InChI is InChI=1S/C31H32N4O2/c1-3-23-18-24(20-26(19-23)33-12-6-7-13-33)30-27-8-4-5-9-28(27)31(36)35(32-30)29-21-25(11-10-22(29)2)34-14-16-37-17-15-34/h3-5,8-11,18-21H,1,6-7,12-17H2,2H3. The van der Waals surface area contributed by atoms with Crippen LogP contribution in [-0.4, -0.2) is 49.2 Å². The molecule has 2 fully saturated rings. The zero-order valence-electron chi connectivity index (χ0n) is 21.3. The van der Waals surface area contributed by atoms with Gasteiger partial charge in [-0.2, -0.15) is 9.78 Å². The first-order valence-corrected chi connectivity index (χ1v) is 13.1. The lowest BCUT2D eigenvalue weighted by atomic mass is 10.0. The van der Waals surface area contributed by atoms with E-state index in [1.807, 2.05) is 37.3 Å². The highest BCUT2D eigenvalue weighted by atomic mass is 16.5. The molecule has 2 aliphatic heterocycles. The van der Waals surface area contributed by atoms with Crippen LogP contribution in [-0.2, 0) is 4.74 Å². The van der Waals surface area contributed by atoms with Crippen molar-refractivity contribution in [2.45, 2.75) is 19.8 Å². The maximum atomic E-state index is 13.8. The molecule has 0 saturated carbocycles. The number of fused-ring (bicyclic) bond motifs is 1. The number of benzene rings is 3. The molecule has 2 saturated heterocycles. The monoisotopic (exact) mass is 492 g/mol. The van der Waals surface area contributed by atoms with Gasteiger partial charge in [-0.15, -0.1) is 0 Å². The molecule has 3 heterocycles. The van der Waals surface area contributed by atoms with E-state index in [1.54, 1.807) is 4.68 Å². The molecule has 0 bridgehead atoms. The summed E-state index contributed by atoms with van der Waals surface area (Å²) in [6, 6.07) is 20.6. The lowest BCUT2D eigenvalue weighted by molar-refractivity contribution is 0.122. The minimum atomic E-state index is -0.110. The summed E-state index contributed by atoms with van der Waals surface area (Å²) in [7, 11) is 0. The van der Waals surface area contributed by atoms with Gasteiger partial charge >= 0.3 is 0 Å². The number of nitrogens with zero attached hydrogens (tertiary/aromatic N) is 4. The van der Waals surface area contributed by atoms with Crippen LogP contribution in [0.25, 0.3) is 33.8 Å². The number of ether oxygens (including phenoxy) is 1. The largest absolute Gasteiger partial charge is 0.378 e. The summed E-state index contributed by atoms with van der Waals surface area (Å²) >= 11 is 0. The predicted molar refractivity (Wildman–Crippen MR) is 152 cm³/mol. The van der Waals surface area contributed by atoms with Crippen molar-refractivity contribution < 1.29 is 4.74 Å². The maximum absolute atomic E-state index is 13.8. The molecule has 1 aromatic heterocycles. The van der Waals surface area contributed by atoms with Crippen LogP contribution in [0.1, 0.15) is 24.0 Å². The number of hydrogen-bond acceptors (Lipinski definition) is 5. The Bertz CT molecular complexity index is 1530. The molecule has 37 heavy (non-hydrogen) atoms. The first-order chi connectivity index (χ1) is 18.1. The smallest absolute Gasteiger partial charge is 0.279 e. The number of aromatic nitrogens is 2. The SMILES string of the molecule is C=Cc1cc(-c2nn(-c3cc(N4CCOCC4)ccc3C)c(=O)c3ccccc23)cc(N2CCCC2)c1. The van der Waals surface area contributed by atoms with Gasteiger partial charge in [0.15, 0.2) is 0 Å². The van der Waals surface area contributed by atoms with Gasteiger partial charge in [-0.25, -0.2) is 0 Å². The first kappa shape index (κ1) is 23.5. The Kier molecular flexibility index (Phi) is 6.26. The van der Waals surface area contributed by atoms with E-state index in [0.717, 1.165) is 65.3 Å². The fourth-order valence-electron chi connectivity index (χ4n) is 5.46. The molecule has 2 aliphatic rings. The third kappa shape index (κ3) is 4.42. The van der Waals surface area contributed by atoms with E-state index in [1.165, 1.54) is 18.5 Å². The van der Waals surface area contributed by atoms with E-state index in [4.69, 9.17) is 9.84 Å².